The topological polar surface area (TPSA) is 0 Å². The fourth-order valence-corrected chi connectivity index (χ4v) is 5.16. The first-order valence-electron chi connectivity index (χ1n) is 8.66. The summed E-state index contributed by atoms with van der Waals surface area (Å²) in [6.07, 6.45) is 1.11. The summed E-state index contributed by atoms with van der Waals surface area (Å²) in [4.78, 5) is 0. The van der Waals surface area contributed by atoms with E-state index in [4.69, 9.17) is 0 Å². The summed E-state index contributed by atoms with van der Waals surface area (Å²) in [5, 5.41) is 0. The molecule has 0 fully saturated rings. The molecule has 3 rings (SSSR count). The van der Waals surface area contributed by atoms with Crippen LogP contribution >= 0.6 is 23.5 Å². The standard InChI is InChI=1S/C23H24S2/c1-19-12-14-20(15-13-19)16-23(24-17-21-8-4-2-5-9-21)25-18-22-10-6-3-7-11-22/h2-15,23H,16-18H2,1H3. The Bertz CT molecular complexity index is 693. The highest BCUT2D eigenvalue weighted by Crippen LogP contribution is 2.32. The molecule has 0 saturated heterocycles. The van der Waals surface area contributed by atoms with Crippen molar-refractivity contribution in [3.63, 3.8) is 0 Å². The minimum Gasteiger partial charge on any atom is -0.142 e. The normalized spacial score (nSPS) is 11.0. The highest BCUT2D eigenvalue weighted by molar-refractivity contribution is 8.16. The van der Waals surface area contributed by atoms with Gasteiger partial charge in [0, 0.05) is 11.5 Å². The number of hydrogen-bond acceptors (Lipinski definition) is 2. The second kappa shape index (κ2) is 9.74. The number of aryl methyl sites for hydroxylation is 1. The van der Waals surface area contributed by atoms with Gasteiger partial charge >= 0.3 is 0 Å². The maximum atomic E-state index is 2.27. The quantitative estimate of drug-likeness (QED) is 0.406. The van der Waals surface area contributed by atoms with Crippen LogP contribution in [0.3, 0.4) is 0 Å². The molecular weight excluding hydrogens is 340 g/mol. The zero-order valence-corrected chi connectivity index (χ0v) is 16.2. The average molecular weight is 365 g/mol. The summed E-state index contributed by atoms with van der Waals surface area (Å²) in [6.45, 7) is 2.15. The van der Waals surface area contributed by atoms with E-state index in [-0.39, 0.29) is 0 Å². The predicted molar refractivity (Wildman–Crippen MR) is 114 cm³/mol. The van der Waals surface area contributed by atoms with Gasteiger partial charge < -0.3 is 0 Å². The van der Waals surface area contributed by atoms with Crippen molar-refractivity contribution in [2.45, 2.75) is 29.4 Å². The molecule has 0 atom stereocenters. The summed E-state index contributed by atoms with van der Waals surface area (Å²) in [7, 11) is 0. The molecule has 25 heavy (non-hydrogen) atoms. The molecule has 0 N–H and O–H groups in total. The second-order valence-electron chi connectivity index (χ2n) is 6.21. The van der Waals surface area contributed by atoms with E-state index < -0.39 is 0 Å². The number of thioether (sulfide) groups is 2. The molecule has 0 aliphatic carbocycles. The Morgan fingerprint density at radius 1 is 0.600 bits per heavy atom. The number of benzene rings is 3. The second-order valence-corrected chi connectivity index (χ2v) is 8.89. The Morgan fingerprint density at radius 2 is 1.08 bits per heavy atom. The maximum Gasteiger partial charge on any atom is 0.0549 e. The highest BCUT2D eigenvalue weighted by Gasteiger charge is 2.12. The monoisotopic (exact) mass is 364 g/mol. The number of rotatable bonds is 8. The van der Waals surface area contributed by atoms with Gasteiger partial charge in [-0.15, -0.1) is 23.5 Å². The van der Waals surface area contributed by atoms with E-state index in [0.717, 1.165) is 17.9 Å². The van der Waals surface area contributed by atoms with Crippen molar-refractivity contribution < 1.29 is 0 Å². The molecule has 3 aromatic carbocycles. The van der Waals surface area contributed by atoms with Crippen molar-refractivity contribution in [3.05, 3.63) is 107 Å². The summed E-state index contributed by atoms with van der Waals surface area (Å²) in [5.41, 5.74) is 5.56. The summed E-state index contributed by atoms with van der Waals surface area (Å²) in [6, 6.07) is 30.5. The van der Waals surface area contributed by atoms with Crippen molar-refractivity contribution in [1.82, 2.24) is 0 Å². The van der Waals surface area contributed by atoms with Crippen LogP contribution in [-0.4, -0.2) is 4.58 Å². The smallest absolute Gasteiger partial charge is 0.0549 e. The van der Waals surface area contributed by atoms with Crippen LogP contribution in [0.15, 0.2) is 84.9 Å². The Labute approximate surface area is 160 Å². The summed E-state index contributed by atoms with van der Waals surface area (Å²) in [5.74, 6) is 2.14. The minimum absolute atomic E-state index is 0.558. The zero-order chi connectivity index (χ0) is 17.3. The van der Waals surface area contributed by atoms with Crippen LogP contribution in [0.5, 0.6) is 0 Å². The van der Waals surface area contributed by atoms with E-state index in [1.165, 1.54) is 22.3 Å². The summed E-state index contributed by atoms with van der Waals surface area (Å²) >= 11 is 4.11. The van der Waals surface area contributed by atoms with E-state index in [1.54, 1.807) is 0 Å². The van der Waals surface area contributed by atoms with Crippen LogP contribution < -0.4 is 0 Å². The van der Waals surface area contributed by atoms with Gasteiger partial charge in [-0.1, -0.05) is 90.5 Å². The van der Waals surface area contributed by atoms with Gasteiger partial charge in [0.2, 0.25) is 0 Å². The van der Waals surface area contributed by atoms with Crippen LogP contribution in [0.1, 0.15) is 22.3 Å². The zero-order valence-electron chi connectivity index (χ0n) is 14.6. The molecule has 0 spiro atoms. The molecule has 0 saturated carbocycles. The van der Waals surface area contributed by atoms with Crippen LogP contribution in [0, 0.1) is 6.92 Å². The van der Waals surface area contributed by atoms with Crippen molar-refractivity contribution in [2.75, 3.05) is 0 Å². The van der Waals surface area contributed by atoms with Gasteiger partial charge in [0.05, 0.1) is 4.58 Å². The van der Waals surface area contributed by atoms with Crippen LogP contribution in [0.25, 0.3) is 0 Å². The Hall–Kier alpha value is -1.64. The first kappa shape index (κ1) is 18.2. The van der Waals surface area contributed by atoms with Gasteiger partial charge in [0.1, 0.15) is 0 Å². The van der Waals surface area contributed by atoms with Crippen molar-refractivity contribution in [3.8, 4) is 0 Å². The van der Waals surface area contributed by atoms with Gasteiger partial charge in [-0.25, -0.2) is 0 Å². The third-order valence-corrected chi connectivity index (χ3v) is 6.97. The van der Waals surface area contributed by atoms with Crippen molar-refractivity contribution >= 4 is 23.5 Å². The first-order valence-corrected chi connectivity index (χ1v) is 10.8. The lowest BCUT2D eigenvalue weighted by atomic mass is 10.1. The van der Waals surface area contributed by atoms with Crippen LogP contribution in [0.4, 0.5) is 0 Å². The first-order chi connectivity index (χ1) is 12.3. The number of hydrogen-bond donors (Lipinski definition) is 0. The lowest BCUT2D eigenvalue weighted by Gasteiger charge is -2.17. The molecule has 0 bridgehead atoms. The summed E-state index contributed by atoms with van der Waals surface area (Å²) < 4.78 is 0.558. The van der Waals surface area contributed by atoms with Crippen LogP contribution in [-0.2, 0) is 17.9 Å². The molecule has 0 heterocycles. The van der Waals surface area contributed by atoms with Gasteiger partial charge in [-0.2, -0.15) is 0 Å². The molecule has 0 radical (unpaired) electrons. The van der Waals surface area contributed by atoms with E-state index in [0.29, 0.717) is 4.58 Å². The van der Waals surface area contributed by atoms with Crippen molar-refractivity contribution in [1.29, 1.82) is 0 Å². The molecule has 0 aromatic heterocycles. The lowest BCUT2D eigenvalue weighted by molar-refractivity contribution is 1.10. The predicted octanol–water partition coefficient (Wildman–Crippen LogP) is 6.73. The third-order valence-electron chi connectivity index (χ3n) is 4.08. The fourth-order valence-electron chi connectivity index (χ4n) is 2.61. The fraction of sp³-hybridized carbons (Fsp3) is 0.217. The van der Waals surface area contributed by atoms with Gasteiger partial charge in [-0.3, -0.25) is 0 Å². The molecule has 2 heteroatoms. The minimum atomic E-state index is 0.558. The maximum absolute atomic E-state index is 2.27. The van der Waals surface area contributed by atoms with Gasteiger partial charge in [0.25, 0.3) is 0 Å². The largest absolute Gasteiger partial charge is 0.142 e. The average Bonchev–Trinajstić information content (AvgIpc) is 2.67. The van der Waals surface area contributed by atoms with Crippen molar-refractivity contribution in [2.24, 2.45) is 0 Å². The van der Waals surface area contributed by atoms with Gasteiger partial charge in [-0.05, 0) is 30.0 Å². The van der Waals surface area contributed by atoms with E-state index in [2.05, 4.69) is 115 Å². The molecule has 0 aliphatic rings. The molecule has 0 nitrogen and oxygen atoms in total. The Balaban J connectivity index is 1.62. The van der Waals surface area contributed by atoms with E-state index in [1.807, 2.05) is 0 Å². The SMILES string of the molecule is Cc1ccc(CC(SCc2ccccc2)SCc2ccccc2)cc1. The molecule has 3 aromatic rings. The molecule has 128 valence electrons. The highest BCUT2D eigenvalue weighted by atomic mass is 32.2. The lowest BCUT2D eigenvalue weighted by Crippen LogP contribution is -2.04. The third kappa shape index (κ3) is 6.30. The molecule has 0 unspecified atom stereocenters. The molecular formula is C23H24S2. The van der Waals surface area contributed by atoms with Gasteiger partial charge in [0.15, 0.2) is 0 Å². The molecule has 0 amide bonds. The van der Waals surface area contributed by atoms with Crippen LogP contribution in [0.2, 0.25) is 0 Å². The molecule has 0 aliphatic heterocycles. The Kier molecular flexibility index (Phi) is 7.08. The van der Waals surface area contributed by atoms with E-state index in [9.17, 15) is 0 Å². The van der Waals surface area contributed by atoms with E-state index >= 15 is 0 Å². The Morgan fingerprint density at radius 3 is 1.56 bits per heavy atom.